The maximum absolute atomic E-state index is 13.7. The van der Waals surface area contributed by atoms with E-state index in [9.17, 15) is 9.59 Å². The quantitative estimate of drug-likeness (QED) is 0.380. The fourth-order valence-corrected chi connectivity index (χ4v) is 4.90. The van der Waals surface area contributed by atoms with Gasteiger partial charge in [0.25, 0.3) is 0 Å². The van der Waals surface area contributed by atoms with Crippen LogP contribution in [0.4, 0.5) is 11.4 Å². The molecule has 3 aromatic carbocycles. The van der Waals surface area contributed by atoms with Crippen LogP contribution in [0, 0.1) is 5.92 Å². The highest BCUT2D eigenvalue weighted by atomic mass is 16.5. The van der Waals surface area contributed by atoms with Gasteiger partial charge in [0.2, 0.25) is 17.6 Å². The normalized spacial score (nSPS) is 16.8. The molecule has 0 aromatic heterocycles. The van der Waals surface area contributed by atoms with Crippen molar-refractivity contribution >= 4 is 23.2 Å². The van der Waals surface area contributed by atoms with E-state index in [0.717, 1.165) is 11.3 Å². The van der Waals surface area contributed by atoms with Crippen molar-refractivity contribution < 1.29 is 33.3 Å². The van der Waals surface area contributed by atoms with Crippen LogP contribution in [0.25, 0.3) is 0 Å². The van der Waals surface area contributed by atoms with Crippen molar-refractivity contribution in [3.05, 3.63) is 66.2 Å². The van der Waals surface area contributed by atoms with Crippen LogP contribution in [-0.2, 0) is 9.59 Å². The maximum Gasteiger partial charge on any atom is 0.229 e. The number of hydrogen-bond acceptors (Lipinski definition) is 7. The minimum atomic E-state index is -0.595. The number of nitrogens with one attached hydrogen (secondary N) is 1. The zero-order chi connectivity index (χ0) is 27.9. The van der Waals surface area contributed by atoms with Crippen LogP contribution in [0.2, 0.25) is 0 Å². The van der Waals surface area contributed by atoms with E-state index in [1.165, 1.54) is 21.3 Å². The molecule has 1 aliphatic rings. The maximum atomic E-state index is 13.7. The topological polar surface area (TPSA) is 95.6 Å². The predicted molar refractivity (Wildman–Crippen MR) is 148 cm³/mol. The Balaban J connectivity index is 1.76. The molecule has 4 rings (SSSR count). The van der Waals surface area contributed by atoms with Gasteiger partial charge in [-0.3, -0.25) is 9.59 Å². The second kappa shape index (κ2) is 12.4. The van der Waals surface area contributed by atoms with Gasteiger partial charge in [0.05, 0.1) is 52.7 Å². The number of methoxy groups -OCH3 is 4. The van der Waals surface area contributed by atoms with E-state index < -0.39 is 12.0 Å². The van der Waals surface area contributed by atoms with Gasteiger partial charge in [0, 0.05) is 24.2 Å². The largest absolute Gasteiger partial charge is 0.497 e. The van der Waals surface area contributed by atoms with Crippen molar-refractivity contribution in [2.75, 3.05) is 45.3 Å². The van der Waals surface area contributed by atoms with Crippen molar-refractivity contribution in [3.8, 4) is 28.7 Å². The van der Waals surface area contributed by atoms with Crippen LogP contribution in [0.3, 0.4) is 0 Å². The fourth-order valence-electron chi connectivity index (χ4n) is 4.90. The van der Waals surface area contributed by atoms with Crippen molar-refractivity contribution in [3.63, 3.8) is 0 Å². The molecule has 2 amide bonds. The second-order valence-corrected chi connectivity index (χ2v) is 8.96. The average molecular weight is 535 g/mol. The molecule has 0 radical (unpaired) electrons. The Morgan fingerprint density at radius 2 is 1.49 bits per heavy atom. The smallest absolute Gasteiger partial charge is 0.229 e. The number of rotatable bonds is 10. The summed E-state index contributed by atoms with van der Waals surface area (Å²) in [6, 6.07) is 17.5. The first-order chi connectivity index (χ1) is 18.9. The molecule has 1 N–H and O–H groups in total. The van der Waals surface area contributed by atoms with Crippen LogP contribution in [0.15, 0.2) is 60.7 Å². The van der Waals surface area contributed by atoms with Crippen LogP contribution in [-0.4, -0.2) is 46.9 Å². The molecule has 9 nitrogen and oxygen atoms in total. The molecule has 1 fully saturated rings. The number of ether oxygens (including phenoxy) is 5. The monoisotopic (exact) mass is 534 g/mol. The standard InChI is InChI=1S/C30H34N2O7/c1-6-39-23-13-9-20(10-14-23)31-30(34)24-15-16-27(33)32(28(24)19-7-11-22(35-2)12-8-19)21-17-25(36-3)29(38-5)26(18-21)37-4/h7-14,17-18,24,28H,6,15-16H2,1-5H3,(H,31,34). The molecule has 1 saturated heterocycles. The van der Waals surface area contributed by atoms with Crippen molar-refractivity contribution in [2.45, 2.75) is 25.8 Å². The molecule has 9 heteroatoms. The van der Waals surface area contributed by atoms with Crippen molar-refractivity contribution in [2.24, 2.45) is 5.92 Å². The number of amides is 2. The van der Waals surface area contributed by atoms with Gasteiger partial charge in [-0.15, -0.1) is 0 Å². The highest BCUT2D eigenvalue weighted by molar-refractivity contribution is 6.00. The summed E-state index contributed by atoms with van der Waals surface area (Å²) in [6.07, 6.45) is 0.587. The lowest BCUT2D eigenvalue weighted by Gasteiger charge is -2.41. The molecule has 0 saturated carbocycles. The van der Waals surface area contributed by atoms with E-state index in [2.05, 4.69) is 5.32 Å². The number of carbonyl (C=O) groups excluding carboxylic acids is 2. The molecule has 206 valence electrons. The Morgan fingerprint density at radius 3 is 2.03 bits per heavy atom. The van der Waals surface area contributed by atoms with Crippen LogP contribution >= 0.6 is 0 Å². The minimum absolute atomic E-state index is 0.116. The zero-order valence-electron chi connectivity index (χ0n) is 22.9. The van der Waals surface area contributed by atoms with E-state index in [-0.39, 0.29) is 18.2 Å². The molecule has 3 aromatic rings. The Labute approximate surface area is 228 Å². The van der Waals surface area contributed by atoms with Crippen molar-refractivity contribution in [1.29, 1.82) is 0 Å². The second-order valence-electron chi connectivity index (χ2n) is 8.96. The molecule has 2 atom stereocenters. The first-order valence-electron chi connectivity index (χ1n) is 12.7. The average Bonchev–Trinajstić information content (AvgIpc) is 2.97. The number of benzene rings is 3. The van der Waals surface area contributed by atoms with Gasteiger partial charge in [0.1, 0.15) is 11.5 Å². The third-order valence-electron chi connectivity index (χ3n) is 6.75. The Kier molecular flexibility index (Phi) is 8.81. The van der Waals surface area contributed by atoms with Gasteiger partial charge in [-0.2, -0.15) is 0 Å². The van der Waals surface area contributed by atoms with Gasteiger partial charge in [-0.25, -0.2) is 0 Å². The van der Waals surface area contributed by atoms with Gasteiger partial charge in [0.15, 0.2) is 11.5 Å². The molecule has 1 aliphatic heterocycles. The van der Waals surface area contributed by atoms with E-state index >= 15 is 0 Å². The number of nitrogens with zero attached hydrogens (tertiary/aromatic N) is 1. The van der Waals surface area contributed by atoms with E-state index in [1.54, 1.807) is 36.3 Å². The zero-order valence-corrected chi connectivity index (χ0v) is 22.9. The minimum Gasteiger partial charge on any atom is -0.497 e. The third-order valence-corrected chi connectivity index (χ3v) is 6.75. The fraction of sp³-hybridized carbons (Fsp3) is 0.333. The van der Waals surface area contributed by atoms with E-state index in [0.29, 0.717) is 47.4 Å². The molecule has 0 aliphatic carbocycles. The highest BCUT2D eigenvalue weighted by Crippen LogP contribution is 2.46. The highest BCUT2D eigenvalue weighted by Gasteiger charge is 2.42. The van der Waals surface area contributed by atoms with Gasteiger partial charge in [-0.05, 0) is 55.3 Å². The Morgan fingerprint density at radius 1 is 0.872 bits per heavy atom. The number of hydrogen-bond donors (Lipinski definition) is 1. The molecular weight excluding hydrogens is 500 g/mol. The number of carbonyl (C=O) groups is 2. The molecule has 2 unspecified atom stereocenters. The summed E-state index contributed by atoms with van der Waals surface area (Å²) < 4.78 is 27.4. The lowest BCUT2D eigenvalue weighted by atomic mass is 9.83. The molecule has 39 heavy (non-hydrogen) atoms. The Bertz CT molecular complexity index is 1270. The molecule has 0 bridgehead atoms. The van der Waals surface area contributed by atoms with Crippen LogP contribution in [0.5, 0.6) is 28.7 Å². The molecular formula is C30H34N2O7. The Hall–Kier alpha value is -4.40. The lowest BCUT2D eigenvalue weighted by Crippen LogP contribution is -2.47. The SMILES string of the molecule is CCOc1ccc(NC(=O)C2CCC(=O)N(c3cc(OC)c(OC)c(OC)c3)C2c2ccc(OC)cc2)cc1. The van der Waals surface area contributed by atoms with Gasteiger partial charge >= 0.3 is 0 Å². The summed E-state index contributed by atoms with van der Waals surface area (Å²) in [7, 11) is 6.15. The third kappa shape index (κ3) is 5.87. The first-order valence-corrected chi connectivity index (χ1v) is 12.7. The van der Waals surface area contributed by atoms with E-state index in [1.807, 2.05) is 43.3 Å². The van der Waals surface area contributed by atoms with Crippen molar-refractivity contribution in [1.82, 2.24) is 0 Å². The molecule has 0 spiro atoms. The van der Waals surface area contributed by atoms with Gasteiger partial charge in [-0.1, -0.05) is 12.1 Å². The first kappa shape index (κ1) is 27.6. The van der Waals surface area contributed by atoms with E-state index in [4.69, 9.17) is 23.7 Å². The summed E-state index contributed by atoms with van der Waals surface area (Å²) in [5.41, 5.74) is 1.98. The summed E-state index contributed by atoms with van der Waals surface area (Å²) >= 11 is 0. The van der Waals surface area contributed by atoms with Crippen LogP contribution < -0.4 is 33.9 Å². The lowest BCUT2D eigenvalue weighted by molar-refractivity contribution is -0.125. The number of anilines is 2. The van der Waals surface area contributed by atoms with Crippen LogP contribution in [0.1, 0.15) is 31.4 Å². The number of piperidine rings is 1. The summed E-state index contributed by atoms with van der Waals surface area (Å²) in [6.45, 7) is 2.47. The predicted octanol–water partition coefficient (Wildman–Crippen LogP) is 5.24. The summed E-state index contributed by atoms with van der Waals surface area (Å²) in [4.78, 5) is 28.9. The van der Waals surface area contributed by atoms with Gasteiger partial charge < -0.3 is 33.9 Å². The molecule has 1 heterocycles. The summed E-state index contributed by atoms with van der Waals surface area (Å²) in [5.74, 6) is 1.79. The summed E-state index contributed by atoms with van der Waals surface area (Å²) in [5, 5.41) is 3.03.